The fourth-order valence-corrected chi connectivity index (χ4v) is 5.47. The predicted molar refractivity (Wildman–Crippen MR) is 167 cm³/mol. The fraction of sp³-hybridized carbons (Fsp3) is 0.794. The number of hydrogen-bond donors (Lipinski definition) is 3. The van der Waals surface area contributed by atoms with E-state index < -0.39 is 54.2 Å². The van der Waals surface area contributed by atoms with Gasteiger partial charge in [-0.1, -0.05) is 50.5 Å². The Hall–Kier alpha value is -2.11. The predicted octanol–water partition coefficient (Wildman–Crippen LogP) is 4.96. The van der Waals surface area contributed by atoms with Crippen LogP contribution >= 0.6 is 0 Å². The molecule has 0 heterocycles. The maximum atomic E-state index is 13.1. The van der Waals surface area contributed by atoms with Crippen molar-refractivity contribution in [2.45, 2.75) is 162 Å². The zero-order valence-electron chi connectivity index (χ0n) is 28.1. The van der Waals surface area contributed by atoms with Crippen molar-refractivity contribution < 1.29 is 48.7 Å². The quantitative estimate of drug-likeness (QED) is 0.0691. The average Bonchev–Trinajstić information content (AvgIpc) is 3.20. The number of unbranched alkanes of at least 4 members (excludes halogenated alkanes) is 3. The maximum absolute atomic E-state index is 13.1. The van der Waals surface area contributed by atoms with E-state index in [1.165, 1.54) is 34.6 Å². The second-order valence-corrected chi connectivity index (χ2v) is 12.6. The van der Waals surface area contributed by atoms with Crippen LogP contribution < -0.4 is 0 Å². The van der Waals surface area contributed by atoms with Gasteiger partial charge in [-0.15, -0.1) is 0 Å². The molecular formula is C34H58O10. The Bertz CT molecular complexity index is 925. The molecule has 0 saturated heterocycles. The van der Waals surface area contributed by atoms with E-state index in [9.17, 15) is 29.7 Å². The minimum absolute atomic E-state index is 0.144. The first-order chi connectivity index (χ1) is 20.6. The number of carbonyl (C=O) groups excluding carboxylic acids is 3. The normalized spacial score (nSPS) is 23.6. The molecule has 0 aromatic rings. The molecule has 3 unspecified atom stereocenters. The van der Waals surface area contributed by atoms with Crippen molar-refractivity contribution >= 4 is 17.7 Å². The highest BCUT2D eigenvalue weighted by Gasteiger charge is 2.43. The minimum atomic E-state index is -1.32. The van der Waals surface area contributed by atoms with E-state index in [-0.39, 0.29) is 30.3 Å². The summed E-state index contributed by atoms with van der Waals surface area (Å²) in [4.78, 5) is 37.7. The van der Waals surface area contributed by atoms with Crippen LogP contribution in [0.4, 0.5) is 0 Å². The first-order valence-corrected chi connectivity index (χ1v) is 16.2. The molecule has 1 rings (SSSR count). The zero-order valence-corrected chi connectivity index (χ0v) is 28.1. The number of Topliss-reactive ketones (excluding diaryl/α,β-unsaturated/α-hetero) is 1. The smallest absolute Gasteiger partial charge is 0.335 e. The van der Waals surface area contributed by atoms with Crippen LogP contribution in [0.1, 0.15) is 113 Å². The zero-order chi connectivity index (χ0) is 33.4. The van der Waals surface area contributed by atoms with Gasteiger partial charge in [0.05, 0.1) is 18.3 Å². The third-order valence-corrected chi connectivity index (χ3v) is 7.68. The van der Waals surface area contributed by atoms with Crippen molar-refractivity contribution in [1.29, 1.82) is 0 Å². The highest BCUT2D eigenvalue weighted by molar-refractivity contribution is 5.90. The first-order valence-electron chi connectivity index (χ1n) is 16.2. The Morgan fingerprint density at radius 2 is 1.66 bits per heavy atom. The molecule has 0 spiro atoms. The summed E-state index contributed by atoms with van der Waals surface area (Å²) in [6.45, 7) is 13.2. The van der Waals surface area contributed by atoms with Gasteiger partial charge in [0.1, 0.15) is 17.8 Å². The number of carbonyl (C=O) groups is 3. The largest absolute Gasteiger partial charge is 0.463 e. The number of aliphatic hydroxyl groups is 3. The standard InChI is InChI=1S/C34H58O10/c1-9-10-13-16-26(36)19-20-27-28(17-14-11-12-15-18-31(38)41-22(2)3)30(21-29(27)37)43-33(40)24(5)42-23(4)32(39)34(7,8)44-25(6)35/h11,14,19-20,22-30,35-37H,9-10,12-13,15-18,21H2,1-8H3/b14-11-,20-19+/t23?,24?,25?,26-,27+,28+,29+,30-/m0/s1. The van der Waals surface area contributed by atoms with Gasteiger partial charge in [-0.05, 0) is 74.1 Å². The summed E-state index contributed by atoms with van der Waals surface area (Å²) in [5.74, 6) is -1.90. The van der Waals surface area contributed by atoms with Gasteiger partial charge in [-0.2, -0.15) is 0 Å². The van der Waals surface area contributed by atoms with Crippen LogP contribution in [0.2, 0.25) is 0 Å². The molecule has 1 fully saturated rings. The average molecular weight is 627 g/mol. The van der Waals surface area contributed by atoms with Crippen LogP contribution in [-0.2, 0) is 33.3 Å². The van der Waals surface area contributed by atoms with Crippen LogP contribution in [0.3, 0.4) is 0 Å². The summed E-state index contributed by atoms with van der Waals surface area (Å²) in [5.41, 5.74) is -1.32. The lowest BCUT2D eigenvalue weighted by atomic mass is 9.89. The van der Waals surface area contributed by atoms with Crippen molar-refractivity contribution in [2.75, 3.05) is 0 Å². The van der Waals surface area contributed by atoms with Gasteiger partial charge in [0.15, 0.2) is 18.2 Å². The fourth-order valence-electron chi connectivity index (χ4n) is 5.47. The lowest BCUT2D eigenvalue weighted by Gasteiger charge is -2.29. The highest BCUT2D eigenvalue weighted by Crippen LogP contribution is 2.38. The Morgan fingerprint density at radius 3 is 2.27 bits per heavy atom. The summed E-state index contributed by atoms with van der Waals surface area (Å²) < 4.78 is 22.0. The van der Waals surface area contributed by atoms with Crippen molar-refractivity contribution in [2.24, 2.45) is 11.8 Å². The van der Waals surface area contributed by atoms with Crippen LogP contribution in [0.15, 0.2) is 24.3 Å². The maximum Gasteiger partial charge on any atom is 0.335 e. The lowest BCUT2D eigenvalue weighted by Crippen LogP contribution is -2.46. The summed E-state index contributed by atoms with van der Waals surface area (Å²) in [7, 11) is 0. The van der Waals surface area contributed by atoms with E-state index in [0.717, 1.165) is 19.3 Å². The Labute approximate surface area is 264 Å². The molecule has 44 heavy (non-hydrogen) atoms. The van der Waals surface area contributed by atoms with Gasteiger partial charge >= 0.3 is 11.9 Å². The van der Waals surface area contributed by atoms with Gasteiger partial charge in [0, 0.05) is 24.7 Å². The van der Waals surface area contributed by atoms with E-state index >= 15 is 0 Å². The molecule has 0 bridgehead atoms. The van der Waals surface area contributed by atoms with E-state index in [4.69, 9.17) is 18.9 Å². The monoisotopic (exact) mass is 626 g/mol. The van der Waals surface area contributed by atoms with E-state index in [1.807, 2.05) is 32.1 Å². The van der Waals surface area contributed by atoms with Gasteiger partial charge in [-0.3, -0.25) is 9.59 Å². The molecule has 3 N–H and O–H groups in total. The molecule has 0 amide bonds. The van der Waals surface area contributed by atoms with Crippen molar-refractivity contribution in [3.63, 3.8) is 0 Å². The third-order valence-electron chi connectivity index (χ3n) is 7.68. The van der Waals surface area contributed by atoms with Gasteiger partial charge in [-0.25, -0.2) is 4.79 Å². The number of hydrogen-bond acceptors (Lipinski definition) is 10. The van der Waals surface area contributed by atoms with Crippen molar-refractivity contribution in [3.05, 3.63) is 24.3 Å². The Kier molecular flexibility index (Phi) is 18.2. The van der Waals surface area contributed by atoms with Gasteiger partial charge in [0.2, 0.25) is 0 Å². The molecule has 10 heteroatoms. The van der Waals surface area contributed by atoms with E-state index in [1.54, 1.807) is 6.08 Å². The summed E-state index contributed by atoms with van der Waals surface area (Å²) in [5, 5.41) is 30.9. The Balaban J connectivity index is 2.92. The van der Waals surface area contributed by atoms with Crippen LogP contribution in [0, 0.1) is 11.8 Å². The number of ether oxygens (including phenoxy) is 4. The molecule has 8 atom stereocenters. The number of allylic oxidation sites excluding steroid dienone is 2. The molecule has 254 valence electrons. The van der Waals surface area contributed by atoms with Gasteiger partial charge in [0.25, 0.3) is 0 Å². The van der Waals surface area contributed by atoms with Crippen LogP contribution in [-0.4, -0.2) is 81.6 Å². The van der Waals surface area contributed by atoms with E-state index in [2.05, 4.69) is 6.92 Å². The second kappa shape index (κ2) is 20.1. The molecule has 0 aromatic heterocycles. The molecule has 10 nitrogen and oxygen atoms in total. The summed E-state index contributed by atoms with van der Waals surface area (Å²) in [6, 6.07) is 0. The SMILES string of the molecule is CCCCC[C@H](O)/C=C/[C@@H]1[C@@H](C/C=C\CCCC(=O)OC(C)C)[C@@H](OC(=O)C(C)OC(C)C(=O)C(C)(C)OC(C)O)C[C@H]1O. The molecule has 0 aromatic carbocycles. The van der Waals surface area contributed by atoms with Gasteiger partial charge < -0.3 is 34.3 Å². The molecular weight excluding hydrogens is 568 g/mol. The number of esters is 2. The summed E-state index contributed by atoms with van der Waals surface area (Å²) >= 11 is 0. The molecule has 1 aliphatic rings. The lowest BCUT2D eigenvalue weighted by molar-refractivity contribution is -0.189. The first kappa shape index (κ1) is 39.9. The number of aliphatic hydroxyl groups excluding tert-OH is 3. The summed E-state index contributed by atoms with van der Waals surface area (Å²) in [6.07, 6.45) is 8.18. The van der Waals surface area contributed by atoms with E-state index in [0.29, 0.717) is 32.1 Å². The molecule has 1 saturated carbocycles. The third kappa shape index (κ3) is 14.8. The van der Waals surface area contributed by atoms with Crippen molar-refractivity contribution in [1.82, 2.24) is 0 Å². The Morgan fingerprint density at radius 1 is 0.977 bits per heavy atom. The molecule has 0 aliphatic heterocycles. The number of rotatable bonds is 21. The van der Waals surface area contributed by atoms with Crippen LogP contribution in [0.5, 0.6) is 0 Å². The van der Waals surface area contributed by atoms with Crippen LogP contribution in [0.25, 0.3) is 0 Å². The number of ketones is 1. The van der Waals surface area contributed by atoms with Crippen molar-refractivity contribution in [3.8, 4) is 0 Å². The second-order valence-electron chi connectivity index (χ2n) is 12.6. The molecule has 0 radical (unpaired) electrons. The molecule has 1 aliphatic carbocycles. The highest BCUT2D eigenvalue weighted by atomic mass is 16.6. The minimum Gasteiger partial charge on any atom is -0.463 e. The topological polar surface area (TPSA) is 149 Å².